The number of aromatic hydroxyl groups is 1. The second-order valence-corrected chi connectivity index (χ2v) is 3.70. The normalized spacial score (nSPS) is 9.67. The zero-order valence-electron chi connectivity index (χ0n) is 9.29. The molecule has 0 saturated carbocycles. The smallest absolute Gasteiger partial charge is 0.691 e. The zero-order chi connectivity index (χ0) is 12.7. The molecule has 1 aromatic heterocycles. The molecule has 0 aromatic carbocycles. The van der Waals surface area contributed by atoms with Gasteiger partial charge in [-0.2, -0.15) is 4.33 Å². The van der Waals surface area contributed by atoms with Crippen molar-refractivity contribution in [1.29, 1.82) is 0 Å². The Labute approximate surface area is 134 Å². The number of carbonyl (C=O) groups is 1. The van der Waals surface area contributed by atoms with Crippen molar-refractivity contribution in [2.24, 2.45) is 0 Å². The van der Waals surface area contributed by atoms with E-state index in [1.807, 2.05) is 0 Å². The predicted octanol–water partition coefficient (Wildman–Crippen LogP) is -2.44. The summed E-state index contributed by atoms with van der Waals surface area (Å²) in [4.78, 5) is 14.8. The van der Waals surface area contributed by atoms with Crippen molar-refractivity contribution in [1.82, 2.24) is 4.98 Å². The van der Waals surface area contributed by atoms with Gasteiger partial charge in [-0.25, -0.2) is 4.98 Å². The maximum atomic E-state index is 11.1. The van der Waals surface area contributed by atoms with E-state index in [1.165, 1.54) is 6.20 Å². The summed E-state index contributed by atoms with van der Waals surface area (Å²) in [5.41, 5.74) is 0. The van der Waals surface area contributed by atoms with E-state index in [4.69, 9.17) is 16.3 Å². The number of esters is 1. The summed E-state index contributed by atoms with van der Waals surface area (Å²) in [6.07, 6.45) is 1.23. The maximum Gasteiger partial charge on any atom is 1.00 e. The zero-order valence-corrected chi connectivity index (χ0v) is 12.9. The Morgan fingerprint density at radius 2 is 2.33 bits per heavy atom. The van der Waals surface area contributed by atoms with Gasteiger partial charge in [-0.1, -0.05) is 0 Å². The summed E-state index contributed by atoms with van der Waals surface area (Å²) < 4.78 is 8.78. The molecule has 1 N–H and O–H groups in total. The monoisotopic (exact) mass is 303 g/mol. The van der Waals surface area contributed by atoms with E-state index >= 15 is 0 Å². The Hall–Kier alpha value is -0.0600. The molecule has 10 heteroatoms. The average Bonchev–Trinajstić information content (AvgIpc) is 2.28. The molecule has 94 valence electrons. The van der Waals surface area contributed by atoms with Gasteiger partial charge in [0, 0.05) is 11.9 Å². The van der Waals surface area contributed by atoms with Crippen LogP contribution in [-0.2, 0) is 14.2 Å². The predicted molar refractivity (Wildman–Crippen MR) is 54.9 cm³/mol. The van der Waals surface area contributed by atoms with Crippen molar-refractivity contribution in [2.75, 3.05) is 5.88 Å². The van der Waals surface area contributed by atoms with Gasteiger partial charge in [-0.3, -0.25) is 9.83 Å². The Bertz CT molecular complexity index is 396. The third kappa shape index (κ3) is 6.21. The number of rotatable bonds is 6. The van der Waals surface area contributed by atoms with Gasteiger partial charge < -0.3 is 15.1 Å². The second-order valence-electron chi connectivity index (χ2n) is 2.63. The maximum absolute atomic E-state index is 11.1. The molecule has 7 nitrogen and oxygen atoms in total. The molecule has 0 amide bonds. The first kappa shape index (κ1) is 17.9. The first-order valence-corrected chi connectivity index (χ1v) is 5.53. The minimum atomic E-state index is -0.541. The molecule has 0 fully saturated rings. The SMILES string of the molecule is O=C(CCCl)Oc1cnc(SOO[O-])c(O)c1.[Na+]. The number of ether oxygens (including phenoxy) is 1. The fourth-order valence-electron chi connectivity index (χ4n) is 0.848. The van der Waals surface area contributed by atoms with Gasteiger partial charge in [0.1, 0.15) is 0 Å². The third-order valence-corrected chi connectivity index (χ3v) is 2.26. The number of pyridine rings is 1. The Balaban J connectivity index is 0.00000289. The van der Waals surface area contributed by atoms with Crippen LogP contribution in [0.15, 0.2) is 17.3 Å². The van der Waals surface area contributed by atoms with E-state index in [-0.39, 0.29) is 58.4 Å². The van der Waals surface area contributed by atoms with Gasteiger partial charge in [-0.15, -0.1) is 11.6 Å². The summed E-state index contributed by atoms with van der Waals surface area (Å²) in [6.45, 7) is 0. The van der Waals surface area contributed by atoms with Crippen LogP contribution >= 0.6 is 23.6 Å². The number of nitrogens with zero attached hydrogens (tertiary/aromatic N) is 1. The average molecular weight is 304 g/mol. The van der Waals surface area contributed by atoms with Gasteiger partial charge in [-0.05, 0) is 0 Å². The molecule has 0 aliphatic heterocycles. The van der Waals surface area contributed by atoms with Crippen LogP contribution in [-0.4, -0.2) is 21.9 Å². The van der Waals surface area contributed by atoms with Gasteiger partial charge in [0.05, 0.1) is 24.7 Å². The van der Waals surface area contributed by atoms with E-state index in [0.717, 1.165) is 6.07 Å². The number of halogens is 1. The van der Waals surface area contributed by atoms with Crippen molar-refractivity contribution in [2.45, 2.75) is 11.4 Å². The molecule has 0 aliphatic rings. The first-order chi connectivity index (χ1) is 8.17. The van der Waals surface area contributed by atoms with Crippen LogP contribution in [0.25, 0.3) is 0 Å². The molecule has 0 saturated heterocycles. The van der Waals surface area contributed by atoms with Crippen molar-refractivity contribution in [3.8, 4) is 11.5 Å². The number of alkyl halides is 1. The Morgan fingerprint density at radius 3 is 2.89 bits per heavy atom. The van der Waals surface area contributed by atoms with Gasteiger partial charge in [0.2, 0.25) is 0 Å². The van der Waals surface area contributed by atoms with Crippen LogP contribution in [0.5, 0.6) is 11.5 Å². The van der Waals surface area contributed by atoms with E-state index in [1.54, 1.807) is 0 Å². The van der Waals surface area contributed by atoms with E-state index in [0.29, 0.717) is 12.0 Å². The topological polar surface area (TPSA) is 101 Å². The summed E-state index contributed by atoms with van der Waals surface area (Å²) in [6, 6.07) is 1.15. The van der Waals surface area contributed by atoms with E-state index in [2.05, 4.69) is 14.4 Å². The molecule has 0 atom stereocenters. The fraction of sp³-hybridized carbons (Fsp3) is 0.250. The van der Waals surface area contributed by atoms with Crippen molar-refractivity contribution in [3.63, 3.8) is 0 Å². The number of carbonyl (C=O) groups excluding carboxylic acids is 1. The molecule has 0 bridgehead atoms. The molecule has 1 rings (SSSR count). The van der Waals surface area contributed by atoms with Crippen LogP contribution in [0.4, 0.5) is 0 Å². The van der Waals surface area contributed by atoms with Crippen molar-refractivity contribution < 1.29 is 58.8 Å². The molecule has 0 radical (unpaired) electrons. The van der Waals surface area contributed by atoms with Crippen molar-refractivity contribution >= 4 is 29.6 Å². The number of aromatic nitrogens is 1. The van der Waals surface area contributed by atoms with Gasteiger partial charge in [0.15, 0.2) is 16.5 Å². The largest absolute Gasteiger partial charge is 1.00 e. The molecule has 0 unspecified atom stereocenters. The Morgan fingerprint density at radius 1 is 1.61 bits per heavy atom. The first-order valence-electron chi connectivity index (χ1n) is 4.26. The van der Waals surface area contributed by atoms with Gasteiger partial charge in [0.25, 0.3) is 0 Å². The standard InChI is InChI=1S/C8H8ClNO6S.Na/c9-2-1-7(12)14-5-3-6(11)8(10-4-5)17-16-15-13;/h3-4,11,13H,1-2H2;/q;+1/p-1. The van der Waals surface area contributed by atoms with Crippen molar-refractivity contribution in [3.05, 3.63) is 12.3 Å². The van der Waals surface area contributed by atoms with Crippen LogP contribution in [0.2, 0.25) is 0 Å². The minimum Gasteiger partial charge on any atom is -0.691 e. The quantitative estimate of drug-likeness (QED) is 0.154. The number of hydrogen-bond donors (Lipinski definition) is 1. The van der Waals surface area contributed by atoms with Crippen LogP contribution in [0.1, 0.15) is 6.42 Å². The molecule has 18 heavy (non-hydrogen) atoms. The molecule has 1 heterocycles. The fourth-order valence-corrected chi connectivity index (χ4v) is 1.33. The minimum absolute atomic E-state index is 0. The van der Waals surface area contributed by atoms with Gasteiger partial charge >= 0.3 is 35.5 Å². The molecular weight excluding hydrogens is 297 g/mol. The molecule has 1 aromatic rings. The Kier molecular flexibility index (Phi) is 9.78. The summed E-state index contributed by atoms with van der Waals surface area (Å²) in [7, 11) is 0. The summed E-state index contributed by atoms with van der Waals surface area (Å²) in [5.74, 6) is -0.658. The van der Waals surface area contributed by atoms with E-state index in [9.17, 15) is 15.2 Å². The third-order valence-electron chi connectivity index (χ3n) is 1.48. The van der Waals surface area contributed by atoms with E-state index < -0.39 is 5.97 Å². The van der Waals surface area contributed by atoms with Crippen LogP contribution in [0, 0.1) is 0 Å². The summed E-state index contributed by atoms with van der Waals surface area (Å²) in [5, 5.41) is 22.1. The summed E-state index contributed by atoms with van der Waals surface area (Å²) >= 11 is 5.77. The number of hydrogen-bond acceptors (Lipinski definition) is 8. The molecule has 0 aliphatic carbocycles. The molecule has 0 spiro atoms. The molecular formula is C8H7ClNNaO6S. The van der Waals surface area contributed by atoms with Crippen LogP contribution < -0.4 is 39.6 Å². The second kappa shape index (κ2) is 9.82. The van der Waals surface area contributed by atoms with Crippen LogP contribution in [0.3, 0.4) is 0 Å².